The Morgan fingerprint density at radius 3 is 2.83 bits per heavy atom. The van der Waals surface area contributed by atoms with Crippen molar-refractivity contribution in [2.75, 3.05) is 0 Å². The quantitative estimate of drug-likeness (QED) is 0.617. The molecule has 0 saturated heterocycles. The molecule has 0 spiro atoms. The molecule has 1 aromatic rings. The molecule has 0 bridgehead atoms. The number of hydrogen-bond acceptors (Lipinski definition) is 2. The van der Waals surface area contributed by atoms with Gasteiger partial charge in [-0.2, -0.15) is 5.26 Å². The molecule has 0 aliphatic rings. The van der Waals surface area contributed by atoms with Crippen LogP contribution >= 0.6 is 15.9 Å². The van der Waals surface area contributed by atoms with Crippen LogP contribution in [0.25, 0.3) is 6.08 Å². The largest absolute Gasteiger partial charge is 0.300 e. The molecule has 0 atom stereocenters. The van der Waals surface area contributed by atoms with Crippen molar-refractivity contribution in [3.8, 4) is 6.19 Å². The van der Waals surface area contributed by atoms with Crippen molar-refractivity contribution in [3.05, 3.63) is 40.5 Å². The first-order valence-electron chi connectivity index (χ1n) is 3.40. The summed E-state index contributed by atoms with van der Waals surface area (Å²) in [6.45, 7) is 0. The third-order valence-electron chi connectivity index (χ3n) is 1.32. The fraction of sp³-hybridized carbons (Fsp3) is 0. The van der Waals surface area contributed by atoms with Gasteiger partial charge in [0.25, 0.3) is 0 Å². The lowest BCUT2D eigenvalue weighted by atomic mass is 10.2. The van der Waals surface area contributed by atoms with Crippen LogP contribution in [-0.4, -0.2) is 0 Å². The first kappa shape index (κ1) is 8.82. The Morgan fingerprint density at radius 1 is 1.42 bits per heavy atom. The van der Waals surface area contributed by atoms with Gasteiger partial charge >= 0.3 is 0 Å². The Labute approximate surface area is 79.6 Å². The van der Waals surface area contributed by atoms with E-state index in [1.807, 2.05) is 30.3 Å². The van der Waals surface area contributed by atoms with Gasteiger partial charge in [0, 0.05) is 10.7 Å². The molecule has 0 amide bonds. The van der Waals surface area contributed by atoms with Crippen molar-refractivity contribution in [3.63, 3.8) is 0 Å². The highest BCUT2D eigenvalue weighted by molar-refractivity contribution is 9.10. The molecule has 60 valence electrons. The van der Waals surface area contributed by atoms with Gasteiger partial charge < -0.3 is 0 Å². The van der Waals surface area contributed by atoms with Gasteiger partial charge in [0.2, 0.25) is 0 Å². The number of nitrogens with zero attached hydrogens (tertiary/aromatic N) is 1. The number of hydrogen-bond donors (Lipinski definition) is 1. The van der Waals surface area contributed by atoms with Gasteiger partial charge in [0.1, 0.15) is 0 Å². The van der Waals surface area contributed by atoms with Crippen molar-refractivity contribution in [2.45, 2.75) is 0 Å². The summed E-state index contributed by atoms with van der Waals surface area (Å²) in [5.74, 6) is 0. The highest BCUT2D eigenvalue weighted by atomic mass is 79.9. The van der Waals surface area contributed by atoms with Crippen LogP contribution in [0.3, 0.4) is 0 Å². The minimum absolute atomic E-state index is 1.01. The average molecular weight is 223 g/mol. The highest BCUT2D eigenvalue weighted by Crippen LogP contribution is 2.16. The number of nitriles is 1. The van der Waals surface area contributed by atoms with E-state index in [1.165, 1.54) is 0 Å². The van der Waals surface area contributed by atoms with Gasteiger partial charge in [-0.25, -0.2) is 0 Å². The summed E-state index contributed by atoms with van der Waals surface area (Å²) in [4.78, 5) is 0. The standard InChI is InChI=1S/C9H7BrN2/c10-9-4-2-1-3-8(9)5-6-12-7-11/h1-6,12H. The first-order chi connectivity index (χ1) is 5.84. The average Bonchev–Trinajstić information content (AvgIpc) is 2.09. The fourth-order valence-corrected chi connectivity index (χ4v) is 1.20. The van der Waals surface area contributed by atoms with Crippen LogP contribution in [0.4, 0.5) is 0 Å². The van der Waals surface area contributed by atoms with Crippen LogP contribution in [0.5, 0.6) is 0 Å². The van der Waals surface area contributed by atoms with E-state index in [1.54, 1.807) is 12.4 Å². The summed E-state index contributed by atoms with van der Waals surface area (Å²) in [5.41, 5.74) is 1.04. The third-order valence-corrected chi connectivity index (χ3v) is 2.04. The Morgan fingerprint density at radius 2 is 2.17 bits per heavy atom. The molecular weight excluding hydrogens is 216 g/mol. The van der Waals surface area contributed by atoms with E-state index < -0.39 is 0 Å². The minimum atomic E-state index is 1.01. The van der Waals surface area contributed by atoms with Crippen LogP contribution in [0.1, 0.15) is 5.56 Å². The predicted octanol–water partition coefficient (Wildman–Crippen LogP) is 2.49. The van der Waals surface area contributed by atoms with Crippen molar-refractivity contribution in [1.29, 1.82) is 5.26 Å². The van der Waals surface area contributed by atoms with Crippen molar-refractivity contribution in [1.82, 2.24) is 5.32 Å². The summed E-state index contributed by atoms with van der Waals surface area (Å²) in [7, 11) is 0. The molecule has 0 radical (unpaired) electrons. The second-order valence-electron chi connectivity index (χ2n) is 2.11. The summed E-state index contributed by atoms with van der Waals surface area (Å²) in [6.07, 6.45) is 5.23. The number of halogens is 1. The van der Waals surface area contributed by atoms with E-state index in [0.717, 1.165) is 10.0 Å². The van der Waals surface area contributed by atoms with Crippen LogP contribution in [0.15, 0.2) is 34.9 Å². The van der Waals surface area contributed by atoms with Crippen molar-refractivity contribution >= 4 is 22.0 Å². The molecule has 0 aliphatic heterocycles. The maximum atomic E-state index is 8.19. The van der Waals surface area contributed by atoms with Gasteiger partial charge in [-0.3, -0.25) is 5.32 Å². The van der Waals surface area contributed by atoms with E-state index >= 15 is 0 Å². The second kappa shape index (κ2) is 4.58. The summed E-state index contributed by atoms with van der Waals surface area (Å²) in [6, 6.07) is 7.79. The van der Waals surface area contributed by atoms with Gasteiger partial charge in [0.05, 0.1) is 0 Å². The van der Waals surface area contributed by atoms with E-state index in [2.05, 4.69) is 21.2 Å². The lowest BCUT2D eigenvalue weighted by molar-refractivity contribution is 1.21. The summed E-state index contributed by atoms with van der Waals surface area (Å²) >= 11 is 3.39. The zero-order valence-corrected chi connectivity index (χ0v) is 7.88. The smallest absolute Gasteiger partial charge is 0.180 e. The van der Waals surface area contributed by atoms with Gasteiger partial charge in [-0.1, -0.05) is 34.1 Å². The second-order valence-corrected chi connectivity index (χ2v) is 2.97. The Hall–Kier alpha value is -1.27. The molecule has 1 N–H and O–H groups in total. The lowest BCUT2D eigenvalue weighted by Crippen LogP contribution is -1.90. The zero-order chi connectivity index (χ0) is 8.81. The Balaban J connectivity index is 2.77. The van der Waals surface area contributed by atoms with Crippen LogP contribution in [0.2, 0.25) is 0 Å². The summed E-state index contributed by atoms with van der Waals surface area (Å²) < 4.78 is 1.01. The highest BCUT2D eigenvalue weighted by Gasteiger charge is 1.90. The molecular formula is C9H7BrN2. The van der Waals surface area contributed by atoms with Gasteiger partial charge in [-0.05, 0) is 17.7 Å². The minimum Gasteiger partial charge on any atom is -0.300 e. The van der Waals surface area contributed by atoms with Crippen molar-refractivity contribution < 1.29 is 0 Å². The van der Waals surface area contributed by atoms with E-state index in [4.69, 9.17) is 5.26 Å². The normalized spacial score (nSPS) is 9.67. The predicted molar refractivity (Wildman–Crippen MR) is 51.9 cm³/mol. The van der Waals surface area contributed by atoms with Gasteiger partial charge in [0.15, 0.2) is 6.19 Å². The number of benzene rings is 1. The molecule has 3 heteroatoms. The van der Waals surface area contributed by atoms with Crippen molar-refractivity contribution in [2.24, 2.45) is 0 Å². The number of rotatable bonds is 2. The fourth-order valence-electron chi connectivity index (χ4n) is 0.779. The Kier molecular flexibility index (Phi) is 3.36. The molecule has 0 fully saturated rings. The van der Waals surface area contributed by atoms with Crippen LogP contribution in [-0.2, 0) is 0 Å². The molecule has 12 heavy (non-hydrogen) atoms. The molecule has 0 aliphatic carbocycles. The topological polar surface area (TPSA) is 35.8 Å². The van der Waals surface area contributed by atoms with Crippen LogP contribution in [0, 0.1) is 11.5 Å². The van der Waals surface area contributed by atoms with E-state index in [0.29, 0.717) is 0 Å². The number of nitrogens with one attached hydrogen (secondary N) is 1. The van der Waals surface area contributed by atoms with E-state index in [9.17, 15) is 0 Å². The van der Waals surface area contributed by atoms with Crippen LogP contribution < -0.4 is 5.32 Å². The molecule has 1 aromatic carbocycles. The third kappa shape index (κ3) is 2.40. The summed E-state index contributed by atoms with van der Waals surface area (Å²) in [5, 5.41) is 10.6. The van der Waals surface area contributed by atoms with Gasteiger partial charge in [-0.15, -0.1) is 0 Å². The maximum Gasteiger partial charge on any atom is 0.180 e. The monoisotopic (exact) mass is 222 g/mol. The zero-order valence-electron chi connectivity index (χ0n) is 6.29. The molecule has 0 saturated carbocycles. The Bertz CT molecular complexity index is 326. The maximum absolute atomic E-state index is 8.19. The molecule has 1 rings (SSSR count). The molecule has 0 aromatic heterocycles. The SMILES string of the molecule is N#CNC=Cc1ccccc1Br. The lowest BCUT2D eigenvalue weighted by Gasteiger charge is -1.95. The molecule has 0 heterocycles. The molecule has 2 nitrogen and oxygen atoms in total. The van der Waals surface area contributed by atoms with E-state index in [-0.39, 0.29) is 0 Å². The molecule has 0 unspecified atom stereocenters. The first-order valence-corrected chi connectivity index (χ1v) is 4.19.